The van der Waals surface area contributed by atoms with E-state index in [4.69, 9.17) is 0 Å². The smallest absolute Gasteiger partial charge is 0.0346 e. The summed E-state index contributed by atoms with van der Waals surface area (Å²) in [5.74, 6) is 0.879. The maximum Gasteiger partial charge on any atom is 0.0346 e. The summed E-state index contributed by atoms with van der Waals surface area (Å²) in [6, 6.07) is 9.36. The van der Waals surface area contributed by atoms with Gasteiger partial charge >= 0.3 is 0 Å². The lowest BCUT2D eigenvalue weighted by molar-refractivity contribution is 0.380. The van der Waals surface area contributed by atoms with E-state index in [-0.39, 0.29) is 0 Å². The van der Waals surface area contributed by atoms with E-state index in [2.05, 4.69) is 41.5 Å². The minimum absolute atomic E-state index is 0.635. The van der Waals surface area contributed by atoms with Crippen molar-refractivity contribution in [1.29, 1.82) is 0 Å². The molecule has 0 spiro atoms. The SMILES string of the molecule is C[C@@H](NCc1ccc2cnccc2c1)C1CCCC1. The summed E-state index contributed by atoms with van der Waals surface area (Å²) < 4.78 is 0. The molecule has 0 aliphatic heterocycles. The van der Waals surface area contributed by atoms with Gasteiger partial charge < -0.3 is 5.32 Å². The van der Waals surface area contributed by atoms with Crippen molar-refractivity contribution in [3.05, 3.63) is 42.2 Å². The molecule has 1 saturated carbocycles. The lowest BCUT2D eigenvalue weighted by atomic mass is 9.99. The van der Waals surface area contributed by atoms with Gasteiger partial charge in [-0.2, -0.15) is 0 Å². The van der Waals surface area contributed by atoms with Crippen LogP contribution in [0.3, 0.4) is 0 Å². The van der Waals surface area contributed by atoms with Gasteiger partial charge in [0.2, 0.25) is 0 Å². The number of hydrogen-bond donors (Lipinski definition) is 1. The Morgan fingerprint density at radius 1 is 1.21 bits per heavy atom. The highest BCUT2D eigenvalue weighted by molar-refractivity contribution is 5.81. The third-order valence-corrected chi connectivity index (χ3v) is 4.44. The van der Waals surface area contributed by atoms with E-state index < -0.39 is 0 Å². The molecule has 3 rings (SSSR count). The molecule has 1 aliphatic carbocycles. The Morgan fingerprint density at radius 2 is 2.05 bits per heavy atom. The first kappa shape index (κ1) is 12.6. The normalized spacial score (nSPS) is 17.9. The molecule has 0 amide bonds. The van der Waals surface area contributed by atoms with E-state index in [1.165, 1.54) is 42.0 Å². The fourth-order valence-corrected chi connectivity index (χ4v) is 3.15. The summed E-state index contributed by atoms with van der Waals surface area (Å²) >= 11 is 0. The van der Waals surface area contributed by atoms with E-state index in [1.807, 2.05) is 12.4 Å². The average Bonchev–Trinajstić information content (AvgIpc) is 2.99. The van der Waals surface area contributed by atoms with Gasteiger partial charge in [-0.1, -0.05) is 25.0 Å². The molecule has 2 heteroatoms. The van der Waals surface area contributed by atoms with E-state index in [0.29, 0.717) is 6.04 Å². The second kappa shape index (κ2) is 5.70. The number of nitrogens with zero attached hydrogens (tertiary/aromatic N) is 1. The van der Waals surface area contributed by atoms with Gasteiger partial charge in [0.15, 0.2) is 0 Å². The lowest BCUT2D eigenvalue weighted by Gasteiger charge is -2.20. The number of aromatic nitrogens is 1. The molecular formula is C17H22N2. The van der Waals surface area contributed by atoms with Crippen molar-refractivity contribution in [3.8, 4) is 0 Å². The van der Waals surface area contributed by atoms with E-state index >= 15 is 0 Å². The van der Waals surface area contributed by atoms with Crippen molar-refractivity contribution in [1.82, 2.24) is 10.3 Å². The Morgan fingerprint density at radius 3 is 2.89 bits per heavy atom. The molecule has 0 bridgehead atoms. The predicted octanol–water partition coefficient (Wildman–Crippen LogP) is 3.90. The van der Waals surface area contributed by atoms with Crippen LogP contribution in [0.15, 0.2) is 36.7 Å². The van der Waals surface area contributed by atoms with Gasteiger partial charge in [0.1, 0.15) is 0 Å². The third kappa shape index (κ3) is 2.95. The molecule has 0 saturated heterocycles. The summed E-state index contributed by atoms with van der Waals surface area (Å²) in [6.07, 6.45) is 9.42. The van der Waals surface area contributed by atoms with E-state index in [9.17, 15) is 0 Å². The number of benzene rings is 1. The van der Waals surface area contributed by atoms with Crippen molar-refractivity contribution in [2.75, 3.05) is 0 Å². The van der Waals surface area contributed by atoms with Crippen LogP contribution in [0.2, 0.25) is 0 Å². The van der Waals surface area contributed by atoms with Gasteiger partial charge in [-0.05, 0) is 48.8 Å². The van der Waals surface area contributed by atoms with Crippen molar-refractivity contribution in [2.45, 2.75) is 45.2 Å². The van der Waals surface area contributed by atoms with Gasteiger partial charge in [-0.15, -0.1) is 0 Å². The molecule has 100 valence electrons. The van der Waals surface area contributed by atoms with Crippen molar-refractivity contribution >= 4 is 10.8 Å². The molecule has 2 nitrogen and oxygen atoms in total. The Bertz CT molecular complexity index is 544. The van der Waals surface area contributed by atoms with Crippen LogP contribution in [-0.2, 0) is 6.54 Å². The van der Waals surface area contributed by atoms with Crippen molar-refractivity contribution < 1.29 is 0 Å². The van der Waals surface area contributed by atoms with Gasteiger partial charge in [0.25, 0.3) is 0 Å². The van der Waals surface area contributed by atoms with Gasteiger partial charge in [-0.3, -0.25) is 4.98 Å². The van der Waals surface area contributed by atoms with E-state index in [1.54, 1.807) is 0 Å². The number of rotatable bonds is 4. The second-order valence-electron chi connectivity index (χ2n) is 5.77. The quantitative estimate of drug-likeness (QED) is 0.895. The van der Waals surface area contributed by atoms with Crippen molar-refractivity contribution in [3.63, 3.8) is 0 Å². The van der Waals surface area contributed by atoms with Crippen LogP contribution >= 0.6 is 0 Å². The first-order valence-electron chi connectivity index (χ1n) is 7.39. The summed E-state index contributed by atoms with van der Waals surface area (Å²) in [6.45, 7) is 3.30. The highest BCUT2D eigenvalue weighted by Gasteiger charge is 2.20. The predicted molar refractivity (Wildman–Crippen MR) is 80.0 cm³/mol. The monoisotopic (exact) mass is 254 g/mol. The number of fused-ring (bicyclic) bond motifs is 1. The molecule has 1 aromatic carbocycles. The maximum atomic E-state index is 4.15. The Balaban J connectivity index is 1.64. The molecule has 1 aliphatic rings. The Labute approximate surface area is 115 Å². The molecule has 1 atom stereocenters. The lowest BCUT2D eigenvalue weighted by Crippen LogP contribution is -2.31. The molecular weight excluding hydrogens is 232 g/mol. The van der Waals surface area contributed by atoms with Crippen LogP contribution in [0.25, 0.3) is 10.8 Å². The molecule has 0 radical (unpaired) electrons. The molecule has 2 aromatic rings. The summed E-state index contributed by atoms with van der Waals surface area (Å²) in [5.41, 5.74) is 1.36. The van der Waals surface area contributed by atoms with Gasteiger partial charge in [-0.25, -0.2) is 0 Å². The third-order valence-electron chi connectivity index (χ3n) is 4.44. The highest BCUT2D eigenvalue weighted by atomic mass is 14.9. The molecule has 1 N–H and O–H groups in total. The Hall–Kier alpha value is -1.41. The average molecular weight is 254 g/mol. The first-order valence-corrected chi connectivity index (χ1v) is 7.39. The molecule has 1 fully saturated rings. The minimum Gasteiger partial charge on any atom is -0.310 e. The van der Waals surface area contributed by atoms with E-state index in [0.717, 1.165) is 12.5 Å². The van der Waals surface area contributed by atoms with Crippen LogP contribution in [0.1, 0.15) is 38.2 Å². The molecule has 1 aromatic heterocycles. The van der Waals surface area contributed by atoms with Crippen LogP contribution in [0.4, 0.5) is 0 Å². The summed E-state index contributed by atoms with van der Waals surface area (Å²) in [5, 5.41) is 6.19. The maximum absolute atomic E-state index is 4.15. The number of pyridine rings is 1. The zero-order valence-electron chi connectivity index (χ0n) is 11.6. The topological polar surface area (TPSA) is 24.9 Å². The minimum atomic E-state index is 0.635. The fraction of sp³-hybridized carbons (Fsp3) is 0.471. The van der Waals surface area contributed by atoms with Crippen LogP contribution < -0.4 is 5.32 Å². The number of nitrogens with one attached hydrogen (secondary N) is 1. The van der Waals surface area contributed by atoms with Crippen LogP contribution in [0.5, 0.6) is 0 Å². The summed E-state index contributed by atoms with van der Waals surface area (Å²) in [4.78, 5) is 4.15. The van der Waals surface area contributed by atoms with Crippen molar-refractivity contribution in [2.24, 2.45) is 5.92 Å². The molecule has 1 heterocycles. The van der Waals surface area contributed by atoms with Gasteiger partial charge in [0.05, 0.1) is 0 Å². The van der Waals surface area contributed by atoms with Crippen LogP contribution in [-0.4, -0.2) is 11.0 Å². The molecule has 0 unspecified atom stereocenters. The molecule has 19 heavy (non-hydrogen) atoms. The Kier molecular flexibility index (Phi) is 3.79. The summed E-state index contributed by atoms with van der Waals surface area (Å²) in [7, 11) is 0. The zero-order chi connectivity index (χ0) is 13.1. The largest absolute Gasteiger partial charge is 0.310 e. The standard InChI is InChI=1S/C17H22N2/c1-13(15-4-2-3-5-15)19-11-14-6-7-17-12-18-9-8-16(17)10-14/h6-10,12-13,15,19H,2-5,11H2,1H3/t13-/m1/s1. The highest BCUT2D eigenvalue weighted by Crippen LogP contribution is 2.27. The first-order chi connectivity index (χ1) is 9.33. The number of hydrogen-bond acceptors (Lipinski definition) is 2. The van der Waals surface area contributed by atoms with Crippen LogP contribution in [0, 0.1) is 5.92 Å². The zero-order valence-corrected chi connectivity index (χ0v) is 11.6. The second-order valence-corrected chi connectivity index (χ2v) is 5.77. The fourth-order valence-electron chi connectivity index (χ4n) is 3.15. The van der Waals surface area contributed by atoms with Gasteiger partial charge in [0, 0.05) is 30.4 Å².